The van der Waals surface area contributed by atoms with Crippen LogP contribution in [0.5, 0.6) is 0 Å². The van der Waals surface area contributed by atoms with Crippen molar-refractivity contribution in [3.05, 3.63) is 33.3 Å². The summed E-state index contributed by atoms with van der Waals surface area (Å²) in [6.45, 7) is 3.24. The first-order valence-corrected chi connectivity index (χ1v) is 8.01. The number of nitrogens with one attached hydrogen (secondary N) is 1. The van der Waals surface area contributed by atoms with Crippen LogP contribution in [0.2, 0.25) is 5.02 Å². The van der Waals surface area contributed by atoms with E-state index in [1.54, 1.807) is 0 Å². The normalized spacial score (nSPS) is 18.8. The summed E-state index contributed by atoms with van der Waals surface area (Å²) >= 11 is 9.47. The summed E-state index contributed by atoms with van der Waals surface area (Å²) < 4.78 is 0.980. The molecule has 0 unspecified atom stereocenters. The maximum atomic E-state index is 6.00. The topological polar surface area (TPSA) is 12.0 Å². The number of benzene rings is 1. The third-order valence-electron chi connectivity index (χ3n) is 3.97. The first-order valence-electron chi connectivity index (χ1n) is 6.84. The molecule has 0 saturated heterocycles. The predicted octanol–water partition coefficient (Wildman–Crippen LogP) is 5.16. The van der Waals surface area contributed by atoms with Crippen molar-refractivity contribution in [2.45, 2.75) is 51.6 Å². The fourth-order valence-corrected chi connectivity index (χ4v) is 3.27. The largest absolute Gasteiger partial charge is 0.310 e. The van der Waals surface area contributed by atoms with Crippen molar-refractivity contribution in [2.24, 2.45) is 5.92 Å². The second-order valence-corrected chi connectivity index (χ2v) is 6.58. The molecule has 1 nitrogen and oxygen atoms in total. The third kappa shape index (κ3) is 3.97. The predicted molar refractivity (Wildman–Crippen MR) is 82.0 cm³/mol. The molecule has 1 N–H and O–H groups in total. The lowest BCUT2D eigenvalue weighted by Gasteiger charge is -2.28. The summed E-state index contributed by atoms with van der Waals surface area (Å²) in [7, 11) is 0. The highest BCUT2D eigenvalue weighted by molar-refractivity contribution is 9.10. The van der Waals surface area contributed by atoms with Crippen LogP contribution in [0.25, 0.3) is 0 Å². The van der Waals surface area contributed by atoms with E-state index in [1.165, 1.54) is 37.7 Å². The highest BCUT2D eigenvalue weighted by atomic mass is 79.9. The molecular weight excluding hydrogens is 310 g/mol. The Morgan fingerprint density at radius 1 is 1.33 bits per heavy atom. The molecular formula is C15H21BrClN. The van der Waals surface area contributed by atoms with E-state index in [4.69, 9.17) is 11.6 Å². The van der Waals surface area contributed by atoms with E-state index in [9.17, 15) is 0 Å². The Bertz CT molecular complexity index is 388. The van der Waals surface area contributed by atoms with E-state index in [-0.39, 0.29) is 0 Å². The van der Waals surface area contributed by atoms with Gasteiger partial charge in [-0.2, -0.15) is 0 Å². The van der Waals surface area contributed by atoms with Crippen LogP contribution >= 0.6 is 27.5 Å². The molecule has 3 heteroatoms. The molecule has 0 radical (unpaired) electrons. The standard InChI is InChI=1S/C15H21BrClN/c1-11(13-5-3-2-4-6-13)18-10-12-7-8-15(17)14(16)9-12/h7-9,11,13,18H,2-6,10H2,1H3/t11-/m0/s1. The van der Waals surface area contributed by atoms with Crippen molar-refractivity contribution >= 4 is 27.5 Å². The van der Waals surface area contributed by atoms with Crippen molar-refractivity contribution in [3.63, 3.8) is 0 Å². The van der Waals surface area contributed by atoms with Gasteiger partial charge in [-0.25, -0.2) is 0 Å². The lowest BCUT2D eigenvalue weighted by atomic mass is 9.84. The quantitative estimate of drug-likeness (QED) is 0.804. The van der Waals surface area contributed by atoms with Crippen LogP contribution < -0.4 is 5.32 Å². The molecule has 0 heterocycles. The summed E-state index contributed by atoms with van der Waals surface area (Å²) in [5.41, 5.74) is 1.29. The van der Waals surface area contributed by atoms with E-state index in [1.807, 2.05) is 6.07 Å². The molecule has 100 valence electrons. The Kier molecular flexibility index (Phi) is 5.53. The average molecular weight is 331 g/mol. The summed E-state index contributed by atoms with van der Waals surface area (Å²) in [5.74, 6) is 0.856. The smallest absolute Gasteiger partial charge is 0.0548 e. The van der Waals surface area contributed by atoms with E-state index in [0.29, 0.717) is 6.04 Å². The molecule has 1 saturated carbocycles. The molecule has 1 aliphatic rings. The van der Waals surface area contributed by atoms with Crippen LogP contribution in [0.3, 0.4) is 0 Å². The van der Waals surface area contributed by atoms with Crippen LogP contribution in [0, 0.1) is 5.92 Å². The molecule has 1 aromatic rings. The van der Waals surface area contributed by atoms with Gasteiger partial charge in [0.05, 0.1) is 5.02 Å². The van der Waals surface area contributed by atoms with Crippen molar-refractivity contribution in [3.8, 4) is 0 Å². The molecule has 1 fully saturated rings. The molecule has 1 aromatic carbocycles. The van der Waals surface area contributed by atoms with E-state index < -0.39 is 0 Å². The number of hydrogen-bond acceptors (Lipinski definition) is 1. The van der Waals surface area contributed by atoms with Gasteiger partial charge < -0.3 is 5.32 Å². The highest BCUT2D eigenvalue weighted by Gasteiger charge is 2.19. The van der Waals surface area contributed by atoms with Crippen LogP contribution in [-0.4, -0.2) is 6.04 Å². The lowest BCUT2D eigenvalue weighted by molar-refractivity contribution is 0.280. The molecule has 0 spiro atoms. The summed E-state index contributed by atoms with van der Waals surface area (Å²) in [4.78, 5) is 0. The van der Waals surface area contributed by atoms with Gasteiger partial charge in [0, 0.05) is 17.1 Å². The molecule has 0 amide bonds. The van der Waals surface area contributed by atoms with E-state index in [0.717, 1.165) is 22.0 Å². The maximum Gasteiger partial charge on any atom is 0.0548 e. The monoisotopic (exact) mass is 329 g/mol. The number of halogens is 2. The van der Waals surface area contributed by atoms with Crippen molar-refractivity contribution in [1.82, 2.24) is 5.32 Å². The van der Waals surface area contributed by atoms with Gasteiger partial charge in [0.2, 0.25) is 0 Å². The minimum absolute atomic E-state index is 0.611. The molecule has 1 atom stereocenters. The highest BCUT2D eigenvalue weighted by Crippen LogP contribution is 2.27. The fourth-order valence-electron chi connectivity index (χ4n) is 2.73. The third-order valence-corrected chi connectivity index (χ3v) is 5.18. The van der Waals surface area contributed by atoms with Crippen molar-refractivity contribution in [2.75, 3.05) is 0 Å². The van der Waals surface area contributed by atoms with Gasteiger partial charge in [-0.3, -0.25) is 0 Å². The van der Waals surface area contributed by atoms with Crippen LogP contribution in [0.1, 0.15) is 44.6 Å². The minimum atomic E-state index is 0.611. The van der Waals surface area contributed by atoms with Crippen molar-refractivity contribution < 1.29 is 0 Å². The van der Waals surface area contributed by atoms with Gasteiger partial charge in [-0.15, -0.1) is 0 Å². The summed E-state index contributed by atoms with van der Waals surface area (Å²) in [5, 5.41) is 4.43. The molecule has 2 rings (SSSR count). The lowest BCUT2D eigenvalue weighted by Crippen LogP contribution is -2.34. The Balaban J connectivity index is 1.84. The van der Waals surface area contributed by atoms with E-state index in [2.05, 4.69) is 40.3 Å². The van der Waals surface area contributed by atoms with Gasteiger partial charge in [0.15, 0.2) is 0 Å². The first-order chi connectivity index (χ1) is 8.66. The Morgan fingerprint density at radius 2 is 2.06 bits per heavy atom. The van der Waals surface area contributed by atoms with E-state index >= 15 is 0 Å². The summed E-state index contributed by atoms with van der Waals surface area (Å²) in [6, 6.07) is 6.75. The molecule has 18 heavy (non-hydrogen) atoms. The maximum absolute atomic E-state index is 6.00. The molecule has 0 aliphatic heterocycles. The number of hydrogen-bond donors (Lipinski definition) is 1. The Morgan fingerprint density at radius 3 is 2.72 bits per heavy atom. The summed E-state index contributed by atoms with van der Waals surface area (Å²) in [6.07, 6.45) is 7.01. The zero-order valence-electron chi connectivity index (χ0n) is 10.9. The first kappa shape index (κ1) is 14.4. The van der Waals surface area contributed by atoms with Crippen LogP contribution in [0.15, 0.2) is 22.7 Å². The zero-order chi connectivity index (χ0) is 13.0. The van der Waals surface area contributed by atoms with Gasteiger partial charge >= 0.3 is 0 Å². The Labute approximate surface area is 123 Å². The SMILES string of the molecule is C[C@H](NCc1ccc(Cl)c(Br)c1)C1CCCCC1. The molecule has 1 aliphatic carbocycles. The average Bonchev–Trinajstić information content (AvgIpc) is 2.41. The van der Waals surface area contributed by atoms with Crippen molar-refractivity contribution in [1.29, 1.82) is 0 Å². The molecule has 0 aromatic heterocycles. The van der Waals surface area contributed by atoms with Gasteiger partial charge in [-0.1, -0.05) is 36.9 Å². The second-order valence-electron chi connectivity index (χ2n) is 5.32. The second kappa shape index (κ2) is 6.93. The fraction of sp³-hybridized carbons (Fsp3) is 0.600. The minimum Gasteiger partial charge on any atom is -0.310 e. The van der Waals surface area contributed by atoms with Gasteiger partial charge in [-0.05, 0) is 59.3 Å². The van der Waals surface area contributed by atoms with Gasteiger partial charge in [0.1, 0.15) is 0 Å². The Hall–Kier alpha value is -0.0500. The zero-order valence-corrected chi connectivity index (χ0v) is 13.2. The molecule has 0 bridgehead atoms. The van der Waals surface area contributed by atoms with Gasteiger partial charge in [0.25, 0.3) is 0 Å². The van der Waals surface area contributed by atoms with Crippen LogP contribution in [-0.2, 0) is 6.54 Å². The number of rotatable bonds is 4. The van der Waals surface area contributed by atoms with Crippen LogP contribution in [0.4, 0.5) is 0 Å².